The van der Waals surface area contributed by atoms with Crippen LogP contribution in [0.3, 0.4) is 0 Å². The molecule has 0 amide bonds. The molecule has 1 atom stereocenters. The van der Waals surface area contributed by atoms with Crippen LogP contribution in [0.25, 0.3) is 5.00 Å². The number of aromatic nitrogens is 4. The molecule has 3 aromatic heterocycles. The van der Waals surface area contributed by atoms with Gasteiger partial charge in [-0.25, -0.2) is 4.98 Å². The molecule has 8 heteroatoms. The van der Waals surface area contributed by atoms with E-state index in [4.69, 9.17) is 9.41 Å². The van der Waals surface area contributed by atoms with Crippen molar-refractivity contribution < 1.29 is 4.42 Å². The van der Waals surface area contributed by atoms with Crippen molar-refractivity contribution in [2.75, 3.05) is 13.1 Å². The van der Waals surface area contributed by atoms with E-state index in [1.54, 1.807) is 23.8 Å². The predicted molar refractivity (Wildman–Crippen MR) is 143 cm³/mol. The molecule has 1 saturated carbocycles. The molecule has 1 saturated heterocycles. The number of aryl methyl sites for hydroxylation is 2. The van der Waals surface area contributed by atoms with Gasteiger partial charge in [-0.2, -0.15) is 0 Å². The smallest absolute Gasteiger partial charge is 0.196 e. The SMILES string of the molecule is Cc1sc2c(c1C)C(c1ccc(C#CC3CC4(CNC4)C3)cc1)=NC(Cc1ncco1)c1nnc(C)n1-2. The Morgan fingerprint density at radius 1 is 1.14 bits per heavy atom. The second kappa shape index (κ2) is 8.51. The summed E-state index contributed by atoms with van der Waals surface area (Å²) in [7, 11) is 0. The van der Waals surface area contributed by atoms with Gasteiger partial charge in [-0.05, 0) is 56.7 Å². The van der Waals surface area contributed by atoms with Gasteiger partial charge in [0.25, 0.3) is 0 Å². The topological polar surface area (TPSA) is 81.1 Å². The number of benzene rings is 1. The average molecular weight is 509 g/mol. The van der Waals surface area contributed by atoms with Gasteiger partial charge in [-0.15, -0.1) is 21.5 Å². The highest BCUT2D eigenvalue weighted by molar-refractivity contribution is 7.15. The van der Waals surface area contributed by atoms with E-state index in [2.05, 4.69) is 75.0 Å². The van der Waals surface area contributed by atoms with Gasteiger partial charge in [0, 0.05) is 40.6 Å². The fourth-order valence-electron chi connectivity index (χ4n) is 5.80. The van der Waals surface area contributed by atoms with Crippen LogP contribution in [0.2, 0.25) is 0 Å². The normalized spacial score (nSPS) is 19.6. The van der Waals surface area contributed by atoms with Crippen LogP contribution in [0.5, 0.6) is 0 Å². The molecule has 186 valence electrons. The highest BCUT2D eigenvalue weighted by Crippen LogP contribution is 2.48. The van der Waals surface area contributed by atoms with Gasteiger partial charge in [0.15, 0.2) is 11.7 Å². The lowest BCUT2D eigenvalue weighted by atomic mass is 9.59. The van der Waals surface area contributed by atoms with Crippen molar-refractivity contribution in [1.29, 1.82) is 0 Å². The average Bonchev–Trinajstić information content (AvgIpc) is 3.53. The minimum absolute atomic E-state index is 0.263. The number of hydrogen-bond acceptors (Lipinski definition) is 7. The molecule has 2 fully saturated rings. The molecule has 5 heterocycles. The summed E-state index contributed by atoms with van der Waals surface area (Å²) in [5.74, 6) is 9.75. The molecule has 1 aliphatic carbocycles. The van der Waals surface area contributed by atoms with Crippen LogP contribution in [0, 0.1) is 43.9 Å². The number of nitrogens with one attached hydrogen (secondary N) is 1. The van der Waals surface area contributed by atoms with Gasteiger partial charge in [0.1, 0.15) is 23.1 Å². The lowest BCUT2D eigenvalue weighted by Gasteiger charge is -2.53. The van der Waals surface area contributed by atoms with Gasteiger partial charge in [-0.1, -0.05) is 24.0 Å². The summed E-state index contributed by atoms with van der Waals surface area (Å²) in [5, 5.41) is 13.5. The Bertz CT molecular complexity index is 1570. The first-order chi connectivity index (χ1) is 18.0. The van der Waals surface area contributed by atoms with E-state index < -0.39 is 0 Å². The van der Waals surface area contributed by atoms with Crippen molar-refractivity contribution >= 4 is 17.0 Å². The van der Waals surface area contributed by atoms with Crippen molar-refractivity contribution in [3.05, 3.63) is 81.4 Å². The Kier molecular flexibility index (Phi) is 5.20. The summed E-state index contributed by atoms with van der Waals surface area (Å²) in [4.78, 5) is 10.9. The monoisotopic (exact) mass is 508 g/mol. The number of nitrogens with zero attached hydrogens (tertiary/aromatic N) is 5. The van der Waals surface area contributed by atoms with Crippen molar-refractivity contribution in [2.45, 2.75) is 46.1 Å². The van der Waals surface area contributed by atoms with Crippen LogP contribution in [0.1, 0.15) is 63.6 Å². The molecule has 1 unspecified atom stereocenters. The maximum Gasteiger partial charge on any atom is 0.196 e. The molecular formula is C29H28N6OS. The Hall–Kier alpha value is -3.54. The van der Waals surface area contributed by atoms with Gasteiger partial charge in [-0.3, -0.25) is 9.56 Å². The maximum absolute atomic E-state index is 5.59. The number of oxazole rings is 1. The summed E-state index contributed by atoms with van der Waals surface area (Å²) in [6.45, 7) is 8.67. The first kappa shape index (κ1) is 22.6. The fourth-order valence-corrected chi connectivity index (χ4v) is 7.01. The van der Waals surface area contributed by atoms with Gasteiger partial charge < -0.3 is 9.73 Å². The third-order valence-corrected chi connectivity index (χ3v) is 9.22. The summed E-state index contributed by atoms with van der Waals surface area (Å²) in [6.07, 6.45) is 6.25. The molecule has 2 aliphatic heterocycles. The van der Waals surface area contributed by atoms with Crippen molar-refractivity contribution in [3.63, 3.8) is 0 Å². The molecular weight excluding hydrogens is 480 g/mol. The molecule has 0 radical (unpaired) electrons. The van der Waals surface area contributed by atoms with E-state index in [0.29, 0.717) is 23.6 Å². The third-order valence-electron chi connectivity index (χ3n) is 8.03. The first-order valence-electron chi connectivity index (χ1n) is 12.8. The Labute approximate surface area is 220 Å². The summed E-state index contributed by atoms with van der Waals surface area (Å²) >= 11 is 1.77. The molecule has 1 spiro atoms. The molecule has 7 rings (SSSR count). The summed E-state index contributed by atoms with van der Waals surface area (Å²) < 4.78 is 7.75. The number of hydrogen-bond donors (Lipinski definition) is 1. The zero-order valence-electron chi connectivity index (χ0n) is 21.2. The van der Waals surface area contributed by atoms with Crippen LogP contribution in [-0.2, 0) is 6.42 Å². The molecule has 3 aliphatic rings. The van der Waals surface area contributed by atoms with Crippen molar-refractivity contribution in [2.24, 2.45) is 16.3 Å². The number of rotatable bonds is 3. The van der Waals surface area contributed by atoms with Crippen LogP contribution >= 0.6 is 11.3 Å². The lowest BCUT2D eigenvalue weighted by molar-refractivity contribution is 0.0266. The minimum Gasteiger partial charge on any atom is -0.449 e. The van der Waals surface area contributed by atoms with Gasteiger partial charge in [0.2, 0.25) is 0 Å². The van der Waals surface area contributed by atoms with Gasteiger partial charge in [0.05, 0.1) is 18.3 Å². The predicted octanol–water partition coefficient (Wildman–Crippen LogP) is 4.73. The quantitative estimate of drug-likeness (QED) is 0.405. The van der Waals surface area contributed by atoms with Gasteiger partial charge >= 0.3 is 0 Å². The third kappa shape index (κ3) is 3.76. The molecule has 4 aromatic rings. The zero-order chi connectivity index (χ0) is 25.1. The minimum atomic E-state index is -0.263. The Morgan fingerprint density at radius 3 is 2.65 bits per heavy atom. The summed E-state index contributed by atoms with van der Waals surface area (Å²) in [5.41, 5.74) is 6.03. The van der Waals surface area contributed by atoms with Crippen LogP contribution in [0.4, 0.5) is 0 Å². The molecule has 37 heavy (non-hydrogen) atoms. The van der Waals surface area contributed by atoms with E-state index in [0.717, 1.165) is 52.1 Å². The molecule has 7 nitrogen and oxygen atoms in total. The van der Waals surface area contributed by atoms with Crippen LogP contribution in [0.15, 0.2) is 46.1 Å². The van der Waals surface area contributed by atoms with Crippen LogP contribution < -0.4 is 5.32 Å². The second-order valence-corrected chi connectivity index (χ2v) is 11.8. The molecule has 1 N–H and O–H groups in total. The number of fused-ring (bicyclic) bond motifs is 3. The summed E-state index contributed by atoms with van der Waals surface area (Å²) in [6, 6.07) is 8.28. The number of thiophene rings is 1. The number of aliphatic imine (C=N–C) groups is 1. The lowest BCUT2D eigenvalue weighted by Crippen LogP contribution is -2.59. The Balaban J connectivity index is 1.26. The van der Waals surface area contributed by atoms with E-state index >= 15 is 0 Å². The van der Waals surface area contributed by atoms with Crippen LogP contribution in [-0.4, -0.2) is 38.5 Å². The molecule has 0 bridgehead atoms. The van der Waals surface area contributed by atoms with E-state index in [9.17, 15) is 0 Å². The van der Waals surface area contributed by atoms with E-state index in [-0.39, 0.29) is 6.04 Å². The Morgan fingerprint density at radius 2 is 1.95 bits per heavy atom. The first-order valence-corrected chi connectivity index (χ1v) is 13.6. The zero-order valence-corrected chi connectivity index (χ0v) is 22.0. The second-order valence-electron chi connectivity index (χ2n) is 10.6. The van der Waals surface area contributed by atoms with Crippen molar-refractivity contribution in [1.82, 2.24) is 25.1 Å². The maximum atomic E-state index is 5.59. The van der Waals surface area contributed by atoms with Crippen molar-refractivity contribution in [3.8, 4) is 16.8 Å². The highest BCUT2D eigenvalue weighted by atomic mass is 32.1. The van der Waals surface area contributed by atoms with E-state index in [1.807, 2.05) is 6.92 Å². The highest BCUT2D eigenvalue weighted by Gasteiger charge is 2.47. The largest absolute Gasteiger partial charge is 0.449 e. The van der Waals surface area contributed by atoms with E-state index in [1.165, 1.54) is 23.3 Å². The fraction of sp³-hybridized carbons (Fsp3) is 0.379. The standard InChI is InChI=1S/C29H28N6OS/c1-17-18(2)37-28-25(17)26(32-23(12-24-31-10-11-36-24)27-34-33-19(3)35(27)28)22-8-6-20(7-9-22)4-5-21-13-29(14-21)15-30-16-29/h6-11,21,23,30H,12-16H2,1-3H3. The molecule has 1 aromatic carbocycles.